The normalized spacial score (nSPS) is 20.7. The number of piperidine rings is 1. The Morgan fingerprint density at radius 2 is 2.05 bits per heavy atom. The van der Waals surface area contributed by atoms with Crippen LogP contribution in [0, 0.1) is 22.0 Å². The highest BCUT2D eigenvalue weighted by molar-refractivity contribution is 5.32. The van der Waals surface area contributed by atoms with Gasteiger partial charge in [0.05, 0.1) is 4.92 Å². The lowest BCUT2D eigenvalue weighted by molar-refractivity contribution is -0.384. The Morgan fingerprint density at radius 1 is 1.37 bits per heavy atom. The maximum Gasteiger partial charge on any atom is 0.269 e. The fraction of sp³-hybridized carbons (Fsp3) is 0.600. The third-order valence-corrected chi connectivity index (χ3v) is 4.04. The molecule has 1 saturated heterocycles. The van der Waals surface area contributed by atoms with Gasteiger partial charge in [-0.2, -0.15) is 0 Å². The van der Waals surface area contributed by atoms with Crippen molar-refractivity contribution in [2.45, 2.75) is 33.2 Å². The summed E-state index contributed by atoms with van der Waals surface area (Å²) in [5.74, 6) is 1.52. The second kappa shape index (κ2) is 6.15. The van der Waals surface area contributed by atoms with Gasteiger partial charge < -0.3 is 0 Å². The molecule has 0 spiro atoms. The van der Waals surface area contributed by atoms with E-state index in [1.54, 1.807) is 12.1 Å². The minimum absolute atomic E-state index is 0.169. The van der Waals surface area contributed by atoms with E-state index in [0.717, 1.165) is 37.0 Å². The first kappa shape index (κ1) is 14.0. The molecule has 1 aliphatic rings. The molecule has 4 nitrogen and oxygen atoms in total. The first-order chi connectivity index (χ1) is 9.06. The molecule has 2 rings (SSSR count). The van der Waals surface area contributed by atoms with Crippen LogP contribution in [0.15, 0.2) is 24.3 Å². The lowest BCUT2D eigenvalue weighted by Gasteiger charge is -2.34. The van der Waals surface area contributed by atoms with Crippen molar-refractivity contribution in [2.24, 2.45) is 11.8 Å². The lowest BCUT2D eigenvalue weighted by atomic mass is 9.88. The third kappa shape index (κ3) is 3.77. The maximum atomic E-state index is 10.6. The Bertz CT molecular complexity index is 428. The highest BCUT2D eigenvalue weighted by Crippen LogP contribution is 2.24. The van der Waals surface area contributed by atoms with E-state index in [9.17, 15) is 10.1 Å². The molecule has 1 heterocycles. The Morgan fingerprint density at radius 3 is 2.63 bits per heavy atom. The van der Waals surface area contributed by atoms with Crippen LogP contribution < -0.4 is 0 Å². The van der Waals surface area contributed by atoms with Crippen molar-refractivity contribution in [3.8, 4) is 0 Å². The first-order valence-corrected chi connectivity index (χ1v) is 7.02. The third-order valence-electron chi connectivity index (χ3n) is 4.04. The predicted octanol–water partition coefficient (Wildman–Crippen LogP) is 3.46. The zero-order valence-electron chi connectivity index (χ0n) is 11.7. The summed E-state index contributed by atoms with van der Waals surface area (Å²) < 4.78 is 0. The second-order valence-electron chi connectivity index (χ2n) is 5.80. The van der Waals surface area contributed by atoms with E-state index in [1.807, 2.05) is 12.1 Å². The highest BCUT2D eigenvalue weighted by atomic mass is 16.6. The summed E-state index contributed by atoms with van der Waals surface area (Å²) in [5.41, 5.74) is 1.33. The summed E-state index contributed by atoms with van der Waals surface area (Å²) in [6, 6.07) is 6.94. The molecule has 0 bridgehead atoms. The number of non-ortho nitro benzene ring substituents is 1. The molecule has 0 aliphatic carbocycles. The molecule has 0 saturated carbocycles. The average Bonchev–Trinajstić information content (AvgIpc) is 2.39. The number of rotatable bonds is 4. The van der Waals surface area contributed by atoms with Crippen LogP contribution in [0.1, 0.15) is 32.3 Å². The number of nitro benzene ring substituents is 1. The lowest BCUT2D eigenvalue weighted by Crippen LogP contribution is -2.36. The molecule has 1 aromatic rings. The Kier molecular flexibility index (Phi) is 4.53. The smallest absolute Gasteiger partial charge is 0.269 e. The van der Waals surface area contributed by atoms with Gasteiger partial charge in [0.25, 0.3) is 5.69 Å². The van der Waals surface area contributed by atoms with E-state index in [4.69, 9.17) is 0 Å². The number of nitro groups is 1. The topological polar surface area (TPSA) is 46.4 Å². The van der Waals surface area contributed by atoms with Crippen LogP contribution in [0.2, 0.25) is 0 Å². The first-order valence-electron chi connectivity index (χ1n) is 7.02. The van der Waals surface area contributed by atoms with Gasteiger partial charge >= 0.3 is 0 Å². The summed E-state index contributed by atoms with van der Waals surface area (Å²) in [6.45, 7) is 7.77. The molecular formula is C15H22N2O2. The number of nitrogens with zero attached hydrogens (tertiary/aromatic N) is 2. The van der Waals surface area contributed by atoms with Crippen molar-refractivity contribution in [2.75, 3.05) is 13.1 Å². The minimum atomic E-state index is -0.348. The molecule has 0 unspecified atom stereocenters. The van der Waals surface area contributed by atoms with Gasteiger partial charge in [0, 0.05) is 25.2 Å². The largest absolute Gasteiger partial charge is 0.299 e. The average molecular weight is 262 g/mol. The van der Waals surface area contributed by atoms with E-state index >= 15 is 0 Å². The molecule has 4 heteroatoms. The quantitative estimate of drug-likeness (QED) is 0.616. The van der Waals surface area contributed by atoms with Crippen LogP contribution in [0.25, 0.3) is 0 Å². The number of benzene rings is 1. The second-order valence-corrected chi connectivity index (χ2v) is 5.80. The molecular weight excluding hydrogens is 240 g/mol. The van der Waals surface area contributed by atoms with Gasteiger partial charge in [0.15, 0.2) is 0 Å². The minimum Gasteiger partial charge on any atom is -0.299 e. The summed E-state index contributed by atoms with van der Waals surface area (Å²) >= 11 is 0. The Labute approximate surface area is 114 Å². The molecule has 104 valence electrons. The fourth-order valence-electron chi connectivity index (χ4n) is 2.76. The van der Waals surface area contributed by atoms with Gasteiger partial charge in [-0.15, -0.1) is 0 Å². The van der Waals surface area contributed by atoms with Gasteiger partial charge in [0.2, 0.25) is 0 Å². The van der Waals surface area contributed by atoms with E-state index in [1.165, 1.54) is 12.8 Å². The van der Waals surface area contributed by atoms with Crippen LogP contribution in [0.4, 0.5) is 5.69 Å². The van der Waals surface area contributed by atoms with Crippen LogP contribution >= 0.6 is 0 Å². The zero-order valence-corrected chi connectivity index (χ0v) is 11.7. The summed E-state index contributed by atoms with van der Waals surface area (Å²) in [7, 11) is 0. The summed E-state index contributed by atoms with van der Waals surface area (Å²) in [5, 5.41) is 10.6. The van der Waals surface area contributed by atoms with Crippen molar-refractivity contribution in [1.82, 2.24) is 4.90 Å². The van der Waals surface area contributed by atoms with Crippen molar-refractivity contribution in [3.05, 3.63) is 39.9 Å². The van der Waals surface area contributed by atoms with E-state index in [0.29, 0.717) is 0 Å². The maximum absolute atomic E-state index is 10.6. The van der Waals surface area contributed by atoms with Crippen LogP contribution in [0.3, 0.4) is 0 Å². The van der Waals surface area contributed by atoms with Crippen molar-refractivity contribution >= 4 is 5.69 Å². The predicted molar refractivity (Wildman–Crippen MR) is 75.9 cm³/mol. The number of likely N-dealkylation sites (tertiary alicyclic amines) is 1. The Hall–Kier alpha value is -1.42. The molecule has 0 N–H and O–H groups in total. The summed E-state index contributed by atoms with van der Waals surface area (Å²) in [4.78, 5) is 12.7. The van der Waals surface area contributed by atoms with Gasteiger partial charge in [-0.25, -0.2) is 0 Å². The van der Waals surface area contributed by atoms with Gasteiger partial charge in [0.1, 0.15) is 0 Å². The molecule has 1 aromatic carbocycles. The molecule has 19 heavy (non-hydrogen) atoms. The fourth-order valence-corrected chi connectivity index (χ4v) is 2.76. The molecule has 1 atom stereocenters. The van der Waals surface area contributed by atoms with E-state index in [2.05, 4.69) is 18.7 Å². The number of hydrogen-bond acceptors (Lipinski definition) is 3. The SMILES string of the molecule is CC(C)[C@@H]1CCCN(Cc2ccc([N+](=O)[O-])cc2)C1. The standard InChI is InChI=1S/C15H22N2O2/c1-12(2)14-4-3-9-16(11-14)10-13-5-7-15(8-6-13)17(18)19/h5-8,12,14H,3-4,9-11H2,1-2H3/t14-/m1/s1. The summed E-state index contributed by atoms with van der Waals surface area (Å²) in [6.07, 6.45) is 2.59. The van der Waals surface area contributed by atoms with Gasteiger partial charge in [-0.05, 0) is 36.8 Å². The van der Waals surface area contributed by atoms with Crippen molar-refractivity contribution in [3.63, 3.8) is 0 Å². The van der Waals surface area contributed by atoms with Crippen LogP contribution in [-0.4, -0.2) is 22.9 Å². The van der Waals surface area contributed by atoms with Gasteiger partial charge in [-0.1, -0.05) is 26.0 Å². The zero-order chi connectivity index (χ0) is 13.8. The highest BCUT2D eigenvalue weighted by Gasteiger charge is 2.22. The Balaban J connectivity index is 1.95. The molecule has 0 amide bonds. The molecule has 1 fully saturated rings. The van der Waals surface area contributed by atoms with E-state index in [-0.39, 0.29) is 10.6 Å². The van der Waals surface area contributed by atoms with E-state index < -0.39 is 0 Å². The van der Waals surface area contributed by atoms with Crippen LogP contribution in [0.5, 0.6) is 0 Å². The van der Waals surface area contributed by atoms with Crippen molar-refractivity contribution in [1.29, 1.82) is 0 Å². The monoisotopic (exact) mass is 262 g/mol. The molecule has 0 radical (unpaired) electrons. The van der Waals surface area contributed by atoms with Gasteiger partial charge in [-0.3, -0.25) is 15.0 Å². The van der Waals surface area contributed by atoms with Crippen LogP contribution in [-0.2, 0) is 6.54 Å². The van der Waals surface area contributed by atoms with Crippen molar-refractivity contribution < 1.29 is 4.92 Å². The molecule has 0 aromatic heterocycles. The number of hydrogen-bond donors (Lipinski definition) is 0. The molecule has 1 aliphatic heterocycles.